The van der Waals surface area contributed by atoms with Crippen LogP contribution in [0.5, 0.6) is 0 Å². The first-order chi connectivity index (χ1) is 11.5. The molecule has 2 unspecified atom stereocenters. The zero-order valence-corrected chi connectivity index (χ0v) is 14.0. The van der Waals surface area contributed by atoms with Gasteiger partial charge >= 0.3 is 6.18 Å². The summed E-state index contributed by atoms with van der Waals surface area (Å²) < 4.78 is 39.0. The Labute approximate surface area is 141 Å². The van der Waals surface area contributed by atoms with Crippen molar-refractivity contribution in [1.82, 2.24) is 20.0 Å². The summed E-state index contributed by atoms with van der Waals surface area (Å²) >= 11 is 0. The number of halogens is 3. The first-order valence-electron chi connectivity index (χ1n) is 9.05. The molecule has 24 heavy (non-hydrogen) atoms. The fourth-order valence-corrected chi connectivity index (χ4v) is 4.01. The van der Waals surface area contributed by atoms with Crippen LogP contribution in [-0.2, 0) is 0 Å². The van der Waals surface area contributed by atoms with Gasteiger partial charge in [0.15, 0.2) is 0 Å². The zero-order chi connectivity index (χ0) is 17.0. The van der Waals surface area contributed by atoms with Crippen molar-refractivity contribution in [2.45, 2.75) is 69.2 Å². The van der Waals surface area contributed by atoms with E-state index in [0.717, 1.165) is 38.8 Å². The predicted molar refractivity (Wildman–Crippen MR) is 86.8 cm³/mol. The van der Waals surface area contributed by atoms with Gasteiger partial charge in [-0.3, -0.25) is 4.68 Å². The van der Waals surface area contributed by atoms with Crippen LogP contribution in [0.15, 0.2) is 18.5 Å². The molecule has 1 aromatic rings. The Morgan fingerprint density at radius 1 is 1.08 bits per heavy atom. The third kappa shape index (κ3) is 4.96. The van der Waals surface area contributed by atoms with E-state index in [2.05, 4.69) is 15.1 Å². The molecule has 2 fully saturated rings. The van der Waals surface area contributed by atoms with E-state index in [9.17, 15) is 13.2 Å². The second-order valence-corrected chi connectivity index (χ2v) is 7.09. The highest BCUT2D eigenvalue weighted by Gasteiger charge is 2.31. The maximum Gasteiger partial charge on any atom is 0.390 e. The van der Waals surface area contributed by atoms with Crippen molar-refractivity contribution >= 4 is 0 Å². The first kappa shape index (κ1) is 17.7. The van der Waals surface area contributed by atoms with Crippen molar-refractivity contribution in [2.24, 2.45) is 0 Å². The minimum atomic E-state index is -4.05. The zero-order valence-electron chi connectivity index (χ0n) is 14.0. The molecule has 1 aliphatic carbocycles. The van der Waals surface area contributed by atoms with Gasteiger partial charge in [0.2, 0.25) is 0 Å². The van der Waals surface area contributed by atoms with E-state index in [1.54, 1.807) is 0 Å². The Hall–Kier alpha value is -1.08. The van der Waals surface area contributed by atoms with Crippen LogP contribution in [0.3, 0.4) is 0 Å². The second kappa shape index (κ2) is 7.87. The molecule has 4 nitrogen and oxygen atoms in total. The van der Waals surface area contributed by atoms with Crippen LogP contribution in [0.1, 0.15) is 51.0 Å². The SMILES string of the molecule is FC(F)(F)CCN1CCC(NC2CCCCC2n2cccn2)CC1. The Bertz CT molecular complexity index is 481. The van der Waals surface area contributed by atoms with Gasteiger partial charge in [0.1, 0.15) is 0 Å². The minimum absolute atomic E-state index is 0.134. The lowest BCUT2D eigenvalue weighted by molar-refractivity contribution is -0.138. The van der Waals surface area contributed by atoms with Crippen LogP contribution < -0.4 is 5.32 Å². The van der Waals surface area contributed by atoms with Crippen LogP contribution in [-0.4, -0.2) is 52.6 Å². The van der Waals surface area contributed by atoms with Gasteiger partial charge in [-0.25, -0.2) is 0 Å². The van der Waals surface area contributed by atoms with Crippen molar-refractivity contribution in [3.8, 4) is 0 Å². The highest BCUT2D eigenvalue weighted by Crippen LogP contribution is 2.29. The molecule has 0 spiro atoms. The topological polar surface area (TPSA) is 33.1 Å². The van der Waals surface area contributed by atoms with Gasteiger partial charge in [-0.15, -0.1) is 0 Å². The number of hydrogen-bond donors (Lipinski definition) is 1. The van der Waals surface area contributed by atoms with Gasteiger partial charge in [-0.05, 0) is 44.8 Å². The quantitative estimate of drug-likeness (QED) is 0.889. The van der Waals surface area contributed by atoms with Crippen LogP contribution in [0.25, 0.3) is 0 Å². The second-order valence-electron chi connectivity index (χ2n) is 7.09. The molecule has 0 amide bonds. The first-order valence-corrected chi connectivity index (χ1v) is 9.05. The lowest BCUT2D eigenvalue weighted by Gasteiger charge is -2.38. The van der Waals surface area contributed by atoms with Gasteiger partial charge in [-0.1, -0.05) is 12.8 Å². The molecule has 1 saturated carbocycles. The highest BCUT2D eigenvalue weighted by atomic mass is 19.4. The number of alkyl halides is 3. The monoisotopic (exact) mass is 344 g/mol. The molecule has 0 bridgehead atoms. The highest BCUT2D eigenvalue weighted by molar-refractivity contribution is 4.92. The molecule has 136 valence electrons. The summed E-state index contributed by atoms with van der Waals surface area (Å²) in [5.74, 6) is 0. The maximum absolute atomic E-state index is 12.3. The average molecular weight is 344 g/mol. The lowest BCUT2D eigenvalue weighted by atomic mass is 9.89. The normalized spacial score (nSPS) is 27.5. The molecule has 7 heteroatoms. The number of rotatable bonds is 5. The van der Waals surface area contributed by atoms with E-state index in [-0.39, 0.29) is 6.54 Å². The number of piperidine rings is 1. The summed E-state index contributed by atoms with van der Waals surface area (Å²) in [7, 11) is 0. The molecular formula is C17H27F3N4. The maximum atomic E-state index is 12.3. The van der Waals surface area contributed by atoms with E-state index >= 15 is 0 Å². The number of hydrogen-bond acceptors (Lipinski definition) is 3. The van der Waals surface area contributed by atoms with E-state index in [4.69, 9.17) is 0 Å². The summed E-state index contributed by atoms with van der Waals surface area (Å²) in [5.41, 5.74) is 0. The van der Waals surface area contributed by atoms with Crippen LogP contribution in [0, 0.1) is 0 Å². The van der Waals surface area contributed by atoms with Gasteiger partial charge < -0.3 is 10.2 Å². The standard InChI is InChI=1S/C17H27F3N4/c18-17(19,20)8-13-23-11-6-14(7-12-23)22-15-4-1-2-5-16(15)24-10-3-9-21-24/h3,9-10,14-16,22H,1-2,4-8,11-13H2. The summed E-state index contributed by atoms with van der Waals surface area (Å²) in [6.07, 6.45) is 5.74. The van der Waals surface area contributed by atoms with Gasteiger partial charge in [0, 0.05) is 31.0 Å². The van der Waals surface area contributed by atoms with Crippen LogP contribution in [0.2, 0.25) is 0 Å². The van der Waals surface area contributed by atoms with E-state index in [0.29, 0.717) is 18.1 Å². The lowest BCUT2D eigenvalue weighted by Crippen LogP contribution is -2.50. The Balaban J connectivity index is 1.46. The molecule has 1 aromatic heterocycles. The molecule has 1 N–H and O–H groups in total. The predicted octanol–water partition coefficient (Wildman–Crippen LogP) is 3.37. The number of aromatic nitrogens is 2. The van der Waals surface area contributed by atoms with Crippen molar-refractivity contribution in [3.05, 3.63) is 18.5 Å². The van der Waals surface area contributed by atoms with E-state index in [1.807, 2.05) is 23.4 Å². The Morgan fingerprint density at radius 2 is 1.83 bits per heavy atom. The number of likely N-dealkylation sites (tertiary alicyclic amines) is 1. The number of nitrogens with zero attached hydrogens (tertiary/aromatic N) is 3. The summed E-state index contributed by atoms with van der Waals surface area (Å²) in [4.78, 5) is 1.94. The fraction of sp³-hybridized carbons (Fsp3) is 0.824. The third-order valence-corrected chi connectivity index (χ3v) is 5.34. The Morgan fingerprint density at radius 3 is 2.50 bits per heavy atom. The smallest absolute Gasteiger partial charge is 0.309 e. The van der Waals surface area contributed by atoms with E-state index in [1.165, 1.54) is 12.8 Å². The molecule has 0 radical (unpaired) electrons. The summed E-state index contributed by atoms with van der Waals surface area (Å²) in [6.45, 7) is 1.65. The van der Waals surface area contributed by atoms with Crippen molar-refractivity contribution in [2.75, 3.05) is 19.6 Å². The van der Waals surface area contributed by atoms with Crippen LogP contribution in [0.4, 0.5) is 13.2 Å². The largest absolute Gasteiger partial charge is 0.390 e. The van der Waals surface area contributed by atoms with Crippen LogP contribution >= 0.6 is 0 Å². The minimum Gasteiger partial charge on any atom is -0.309 e. The van der Waals surface area contributed by atoms with E-state index < -0.39 is 12.6 Å². The van der Waals surface area contributed by atoms with Gasteiger partial charge in [-0.2, -0.15) is 18.3 Å². The molecule has 2 heterocycles. The number of nitrogens with one attached hydrogen (secondary N) is 1. The molecule has 2 aliphatic rings. The van der Waals surface area contributed by atoms with Crippen molar-refractivity contribution in [3.63, 3.8) is 0 Å². The molecule has 1 aliphatic heterocycles. The molecule has 1 saturated heterocycles. The summed E-state index contributed by atoms with van der Waals surface area (Å²) in [5, 5.41) is 8.18. The van der Waals surface area contributed by atoms with Crippen molar-refractivity contribution < 1.29 is 13.2 Å². The molecular weight excluding hydrogens is 317 g/mol. The molecule has 0 aromatic carbocycles. The molecule has 2 atom stereocenters. The van der Waals surface area contributed by atoms with Gasteiger partial charge in [0.25, 0.3) is 0 Å². The fourth-order valence-electron chi connectivity index (χ4n) is 4.01. The summed E-state index contributed by atoms with van der Waals surface area (Å²) in [6, 6.07) is 3.20. The third-order valence-electron chi connectivity index (χ3n) is 5.34. The molecule has 3 rings (SSSR count). The average Bonchev–Trinajstić information content (AvgIpc) is 3.08. The van der Waals surface area contributed by atoms with Gasteiger partial charge in [0.05, 0.1) is 12.5 Å². The Kier molecular flexibility index (Phi) is 5.81. The van der Waals surface area contributed by atoms with Crippen molar-refractivity contribution in [1.29, 1.82) is 0 Å².